The van der Waals surface area contributed by atoms with Gasteiger partial charge < -0.3 is 19.4 Å². The average molecular weight is 365 g/mol. The number of hydrogen-bond acceptors (Lipinski definition) is 9. The minimum Gasteiger partial charge on any atom is -0.463 e. The van der Waals surface area contributed by atoms with Crippen LogP contribution in [-0.4, -0.2) is 47.5 Å². The summed E-state index contributed by atoms with van der Waals surface area (Å²) in [6.45, 7) is 2.74. The maximum absolute atomic E-state index is 5.41. The molecule has 0 radical (unpaired) electrons. The molecule has 0 spiro atoms. The van der Waals surface area contributed by atoms with E-state index in [0.29, 0.717) is 36.8 Å². The van der Waals surface area contributed by atoms with Gasteiger partial charge in [0, 0.05) is 18.8 Å². The van der Waals surface area contributed by atoms with Crippen molar-refractivity contribution in [2.24, 2.45) is 5.10 Å². The van der Waals surface area contributed by atoms with E-state index in [0.717, 1.165) is 18.8 Å². The molecule has 0 saturated carbocycles. The van der Waals surface area contributed by atoms with E-state index in [4.69, 9.17) is 9.15 Å². The number of aromatic nitrogens is 3. The first-order valence-electron chi connectivity index (χ1n) is 8.60. The molecule has 0 unspecified atom stereocenters. The highest BCUT2D eigenvalue weighted by molar-refractivity contribution is 5.76. The zero-order valence-electron chi connectivity index (χ0n) is 14.6. The lowest BCUT2D eigenvalue weighted by molar-refractivity contribution is 0.122. The molecule has 1 aliphatic heterocycles. The van der Waals surface area contributed by atoms with Crippen molar-refractivity contribution in [2.75, 3.05) is 41.9 Å². The van der Waals surface area contributed by atoms with Gasteiger partial charge >= 0.3 is 0 Å². The van der Waals surface area contributed by atoms with Gasteiger partial charge in [0.15, 0.2) is 0 Å². The van der Waals surface area contributed by atoms with Crippen LogP contribution >= 0.6 is 0 Å². The predicted molar refractivity (Wildman–Crippen MR) is 103 cm³/mol. The first kappa shape index (κ1) is 17.0. The summed E-state index contributed by atoms with van der Waals surface area (Å²) in [6, 6.07) is 13.3. The summed E-state index contributed by atoms with van der Waals surface area (Å²) in [6.07, 6.45) is 3.14. The molecule has 0 aliphatic carbocycles. The summed E-state index contributed by atoms with van der Waals surface area (Å²) in [7, 11) is 0. The summed E-state index contributed by atoms with van der Waals surface area (Å²) >= 11 is 0. The first-order chi connectivity index (χ1) is 13.4. The van der Waals surface area contributed by atoms with E-state index in [1.807, 2.05) is 30.3 Å². The van der Waals surface area contributed by atoms with Crippen molar-refractivity contribution in [3.8, 4) is 0 Å². The van der Waals surface area contributed by atoms with Crippen molar-refractivity contribution in [2.45, 2.75) is 0 Å². The molecule has 1 fully saturated rings. The molecule has 3 heterocycles. The third kappa shape index (κ3) is 4.59. The van der Waals surface area contributed by atoms with E-state index < -0.39 is 0 Å². The number of furan rings is 1. The molecule has 2 N–H and O–H groups in total. The van der Waals surface area contributed by atoms with E-state index >= 15 is 0 Å². The van der Waals surface area contributed by atoms with Gasteiger partial charge in [-0.1, -0.05) is 18.2 Å². The molecule has 4 rings (SSSR count). The molecule has 0 atom stereocenters. The number of benzene rings is 1. The molecule has 9 nitrogen and oxygen atoms in total. The predicted octanol–water partition coefficient (Wildman–Crippen LogP) is 2.49. The van der Waals surface area contributed by atoms with Crippen LogP contribution in [0, 0.1) is 0 Å². The Morgan fingerprint density at radius 1 is 0.963 bits per heavy atom. The van der Waals surface area contributed by atoms with E-state index in [9.17, 15) is 0 Å². The van der Waals surface area contributed by atoms with Crippen molar-refractivity contribution in [3.05, 3.63) is 54.5 Å². The smallest absolute Gasteiger partial charge is 0.250 e. The second-order valence-electron chi connectivity index (χ2n) is 5.76. The van der Waals surface area contributed by atoms with Gasteiger partial charge in [-0.05, 0) is 24.3 Å². The molecule has 3 aromatic rings. The standard InChI is InChI=1S/C18H19N7O2/c1-2-5-14(6-3-1)20-16-21-17(24-19-13-15-7-4-10-27-15)23-18(22-16)25-8-11-26-12-9-25/h1-7,10,13H,8-9,11-12H2,(H2,20,21,22,23,24). The molecule has 0 amide bonds. The van der Waals surface area contributed by atoms with Gasteiger partial charge in [0.25, 0.3) is 0 Å². The number of ether oxygens (including phenoxy) is 1. The normalized spacial score (nSPS) is 14.4. The highest BCUT2D eigenvalue weighted by Crippen LogP contribution is 2.18. The Morgan fingerprint density at radius 2 is 1.78 bits per heavy atom. The van der Waals surface area contributed by atoms with Crippen molar-refractivity contribution in [1.29, 1.82) is 0 Å². The van der Waals surface area contributed by atoms with Gasteiger partial charge in [0.2, 0.25) is 17.8 Å². The molecule has 138 valence electrons. The zero-order chi connectivity index (χ0) is 18.3. The topological polar surface area (TPSA) is 101 Å². The van der Waals surface area contributed by atoms with Gasteiger partial charge in [-0.25, -0.2) is 5.43 Å². The van der Waals surface area contributed by atoms with Crippen molar-refractivity contribution < 1.29 is 9.15 Å². The second-order valence-corrected chi connectivity index (χ2v) is 5.76. The minimum atomic E-state index is 0.340. The highest BCUT2D eigenvalue weighted by atomic mass is 16.5. The van der Waals surface area contributed by atoms with Crippen LogP contribution in [0.15, 0.2) is 58.2 Å². The Morgan fingerprint density at radius 3 is 2.56 bits per heavy atom. The number of rotatable bonds is 6. The number of para-hydroxylation sites is 1. The molecule has 0 bridgehead atoms. The lowest BCUT2D eigenvalue weighted by Crippen LogP contribution is -2.37. The number of nitrogens with zero attached hydrogens (tertiary/aromatic N) is 5. The Labute approximate surface area is 156 Å². The number of anilines is 4. The maximum atomic E-state index is 5.41. The Hall–Kier alpha value is -3.46. The van der Waals surface area contributed by atoms with E-state index in [-0.39, 0.29) is 0 Å². The van der Waals surface area contributed by atoms with Crippen LogP contribution in [0.1, 0.15) is 5.76 Å². The van der Waals surface area contributed by atoms with Crippen LogP contribution in [-0.2, 0) is 4.74 Å². The molecule has 1 saturated heterocycles. The van der Waals surface area contributed by atoms with Crippen LogP contribution in [0.5, 0.6) is 0 Å². The van der Waals surface area contributed by atoms with Crippen LogP contribution < -0.4 is 15.6 Å². The van der Waals surface area contributed by atoms with Gasteiger partial charge in [0.05, 0.1) is 25.7 Å². The molecular weight excluding hydrogens is 346 g/mol. The lowest BCUT2D eigenvalue weighted by Gasteiger charge is -2.27. The molecule has 9 heteroatoms. The van der Waals surface area contributed by atoms with Gasteiger partial charge in [-0.3, -0.25) is 0 Å². The summed E-state index contributed by atoms with van der Waals surface area (Å²) in [5.41, 5.74) is 3.73. The fraction of sp³-hybridized carbons (Fsp3) is 0.222. The van der Waals surface area contributed by atoms with Gasteiger partial charge in [-0.15, -0.1) is 0 Å². The largest absolute Gasteiger partial charge is 0.463 e. The third-order valence-corrected chi connectivity index (χ3v) is 3.85. The third-order valence-electron chi connectivity index (χ3n) is 3.85. The number of hydrogen-bond donors (Lipinski definition) is 2. The number of nitrogens with one attached hydrogen (secondary N) is 2. The van der Waals surface area contributed by atoms with Gasteiger partial charge in [-0.2, -0.15) is 20.1 Å². The lowest BCUT2D eigenvalue weighted by atomic mass is 10.3. The molecule has 27 heavy (non-hydrogen) atoms. The van der Waals surface area contributed by atoms with Crippen LogP contribution in [0.3, 0.4) is 0 Å². The molecule has 1 aliphatic rings. The maximum Gasteiger partial charge on any atom is 0.250 e. The summed E-state index contributed by atoms with van der Waals surface area (Å²) in [4.78, 5) is 15.5. The van der Waals surface area contributed by atoms with Crippen LogP contribution in [0.25, 0.3) is 0 Å². The Kier molecular flexibility index (Phi) is 5.21. The fourth-order valence-electron chi connectivity index (χ4n) is 2.54. The zero-order valence-corrected chi connectivity index (χ0v) is 14.6. The highest BCUT2D eigenvalue weighted by Gasteiger charge is 2.16. The number of morpholine rings is 1. The Bertz CT molecular complexity index is 878. The van der Waals surface area contributed by atoms with Gasteiger partial charge in [0.1, 0.15) is 5.76 Å². The summed E-state index contributed by atoms with van der Waals surface area (Å²) in [5.74, 6) is 1.98. The molecule has 1 aromatic carbocycles. The van der Waals surface area contributed by atoms with Crippen LogP contribution in [0.4, 0.5) is 23.5 Å². The Balaban J connectivity index is 1.57. The summed E-state index contributed by atoms with van der Waals surface area (Å²) < 4.78 is 10.6. The number of hydrazone groups is 1. The quantitative estimate of drug-likeness (QED) is 0.508. The summed E-state index contributed by atoms with van der Waals surface area (Å²) in [5, 5.41) is 7.32. The van der Waals surface area contributed by atoms with Crippen LogP contribution in [0.2, 0.25) is 0 Å². The van der Waals surface area contributed by atoms with E-state index in [2.05, 4.69) is 35.7 Å². The second kappa shape index (κ2) is 8.28. The average Bonchev–Trinajstić information content (AvgIpc) is 3.23. The van der Waals surface area contributed by atoms with Crippen molar-refractivity contribution in [3.63, 3.8) is 0 Å². The molecular formula is C18H19N7O2. The first-order valence-corrected chi connectivity index (χ1v) is 8.60. The fourth-order valence-corrected chi connectivity index (χ4v) is 2.54. The van der Waals surface area contributed by atoms with Crippen molar-refractivity contribution >= 4 is 29.7 Å². The SMILES string of the molecule is C(=NNc1nc(Nc2ccccc2)nc(N2CCOCC2)n1)c1ccco1. The van der Waals surface area contributed by atoms with Crippen molar-refractivity contribution in [1.82, 2.24) is 15.0 Å². The van der Waals surface area contributed by atoms with E-state index in [1.165, 1.54) is 0 Å². The van der Waals surface area contributed by atoms with E-state index in [1.54, 1.807) is 24.6 Å². The molecule has 2 aromatic heterocycles. The minimum absolute atomic E-state index is 0.340. The monoisotopic (exact) mass is 365 g/mol.